The highest BCUT2D eigenvalue weighted by atomic mass is 35.5. The highest BCUT2D eigenvalue weighted by molar-refractivity contribution is 6.30. The molecule has 1 aromatic carbocycles. The van der Waals surface area contributed by atoms with Gasteiger partial charge in [0.15, 0.2) is 0 Å². The molecule has 0 aromatic heterocycles. The first kappa shape index (κ1) is 16.1. The number of amides is 3. The van der Waals surface area contributed by atoms with Crippen LogP contribution in [0.4, 0.5) is 10.5 Å². The first-order valence-electron chi connectivity index (χ1n) is 7.82. The van der Waals surface area contributed by atoms with E-state index in [9.17, 15) is 14.7 Å². The summed E-state index contributed by atoms with van der Waals surface area (Å²) in [5.74, 6) is -0.0526. The zero-order valence-electron chi connectivity index (χ0n) is 12.8. The van der Waals surface area contributed by atoms with Crippen molar-refractivity contribution in [3.05, 3.63) is 29.3 Å². The lowest BCUT2D eigenvalue weighted by Gasteiger charge is -2.30. The molecule has 0 bridgehead atoms. The van der Waals surface area contributed by atoms with Crippen LogP contribution in [-0.2, 0) is 4.79 Å². The monoisotopic (exact) mass is 337 g/mol. The Kier molecular flexibility index (Phi) is 4.73. The Balaban J connectivity index is 1.58. The Morgan fingerprint density at radius 1 is 1.13 bits per heavy atom. The van der Waals surface area contributed by atoms with Crippen LogP contribution in [0.1, 0.15) is 12.8 Å². The van der Waals surface area contributed by atoms with Crippen LogP contribution in [-0.4, -0.2) is 65.7 Å². The summed E-state index contributed by atoms with van der Waals surface area (Å²) < 4.78 is 0. The third-order valence-electron chi connectivity index (χ3n) is 4.38. The predicted octanol–water partition coefficient (Wildman–Crippen LogP) is 1.57. The third kappa shape index (κ3) is 3.59. The molecule has 0 unspecified atom stereocenters. The fourth-order valence-corrected chi connectivity index (χ4v) is 3.09. The second-order valence-corrected chi connectivity index (χ2v) is 6.38. The van der Waals surface area contributed by atoms with Gasteiger partial charge in [-0.25, -0.2) is 4.79 Å². The maximum absolute atomic E-state index is 12.5. The Bertz CT molecular complexity index is 585. The molecule has 23 heavy (non-hydrogen) atoms. The number of nitrogens with zero attached hydrogens (tertiary/aromatic N) is 3. The summed E-state index contributed by atoms with van der Waals surface area (Å²) >= 11 is 5.87. The van der Waals surface area contributed by atoms with Crippen molar-refractivity contribution in [1.29, 1.82) is 0 Å². The summed E-state index contributed by atoms with van der Waals surface area (Å²) in [6.07, 6.45) is 0.903. The van der Waals surface area contributed by atoms with Crippen molar-refractivity contribution < 1.29 is 14.7 Å². The second-order valence-electron chi connectivity index (χ2n) is 5.94. The zero-order chi connectivity index (χ0) is 16.4. The molecule has 2 saturated heterocycles. The number of piperidine rings is 1. The maximum Gasteiger partial charge on any atom is 0.325 e. The number of halogens is 1. The van der Waals surface area contributed by atoms with Crippen molar-refractivity contribution >= 4 is 29.2 Å². The molecule has 1 N–H and O–H groups in total. The lowest BCUT2D eigenvalue weighted by molar-refractivity contribution is -0.133. The molecule has 0 spiro atoms. The number of carbonyl (C=O) groups is 2. The van der Waals surface area contributed by atoms with Gasteiger partial charge in [0.1, 0.15) is 6.54 Å². The molecule has 0 saturated carbocycles. The smallest absolute Gasteiger partial charge is 0.325 e. The standard InChI is InChI=1S/C16H20ClN3O3/c17-12-1-3-13(4-2-12)20-10-9-19(16(20)23)11-15(22)18-7-5-14(21)6-8-18/h1-4,14,21H,5-11H2. The van der Waals surface area contributed by atoms with E-state index in [1.54, 1.807) is 39.0 Å². The largest absolute Gasteiger partial charge is 0.393 e. The molecule has 7 heteroatoms. The molecule has 2 heterocycles. The van der Waals surface area contributed by atoms with Gasteiger partial charge in [0.25, 0.3) is 0 Å². The maximum atomic E-state index is 12.5. The number of hydrogen-bond acceptors (Lipinski definition) is 3. The van der Waals surface area contributed by atoms with Gasteiger partial charge in [-0.3, -0.25) is 9.69 Å². The molecule has 1 aromatic rings. The number of rotatable bonds is 3. The van der Waals surface area contributed by atoms with E-state index in [-0.39, 0.29) is 24.6 Å². The molecule has 3 amide bonds. The molecule has 0 aliphatic carbocycles. The molecule has 2 fully saturated rings. The van der Waals surface area contributed by atoms with Gasteiger partial charge in [0, 0.05) is 36.9 Å². The van der Waals surface area contributed by atoms with Crippen LogP contribution in [0.15, 0.2) is 24.3 Å². The molecule has 3 rings (SSSR count). The normalized spacial score (nSPS) is 19.6. The average Bonchev–Trinajstić information content (AvgIpc) is 2.90. The van der Waals surface area contributed by atoms with Gasteiger partial charge in [0.2, 0.25) is 5.91 Å². The number of benzene rings is 1. The molecule has 124 valence electrons. The van der Waals surface area contributed by atoms with E-state index in [1.165, 1.54) is 0 Å². The van der Waals surface area contributed by atoms with E-state index in [0.29, 0.717) is 44.0 Å². The quantitative estimate of drug-likeness (QED) is 0.910. The number of anilines is 1. The van der Waals surface area contributed by atoms with Crippen molar-refractivity contribution in [3.63, 3.8) is 0 Å². The van der Waals surface area contributed by atoms with Crippen LogP contribution in [0.3, 0.4) is 0 Å². The van der Waals surface area contributed by atoms with Gasteiger partial charge in [0.05, 0.1) is 6.10 Å². The highest BCUT2D eigenvalue weighted by Crippen LogP contribution is 2.22. The van der Waals surface area contributed by atoms with Gasteiger partial charge >= 0.3 is 6.03 Å². The number of aliphatic hydroxyl groups is 1. The summed E-state index contributed by atoms with van der Waals surface area (Å²) in [7, 11) is 0. The van der Waals surface area contributed by atoms with E-state index in [2.05, 4.69) is 0 Å². The van der Waals surface area contributed by atoms with Gasteiger partial charge in [-0.1, -0.05) is 11.6 Å². The minimum Gasteiger partial charge on any atom is -0.393 e. The third-order valence-corrected chi connectivity index (χ3v) is 4.63. The molecule has 0 atom stereocenters. The Morgan fingerprint density at radius 3 is 2.43 bits per heavy atom. The topological polar surface area (TPSA) is 64.1 Å². The van der Waals surface area contributed by atoms with Gasteiger partial charge in [-0.2, -0.15) is 0 Å². The number of hydrogen-bond donors (Lipinski definition) is 1. The molecular formula is C16H20ClN3O3. The van der Waals surface area contributed by atoms with Crippen molar-refractivity contribution in [1.82, 2.24) is 9.80 Å². The Labute approximate surface area is 140 Å². The lowest BCUT2D eigenvalue weighted by Crippen LogP contribution is -2.46. The minimum atomic E-state index is -0.312. The van der Waals surface area contributed by atoms with E-state index < -0.39 is 0 Å². The number of likely N-dealkylation sites (tertiary alicyclic amines) is 1. The summed E-state index contributed by atoms with van der Waals surface area (Å²) in [5.41, 5.74) is 0.787. The molecule has 2 aliphatic heterocycles. The van der Waals surface area contributed by atoms with E-state index in [1.807, 2.05) is 0 Å². The minimum absolute atomic E-state index is 0.0526. The number of carbonyl (C=O) groups excluding carboxylic acids is 2. The van der Waals surface area contributed by atoms with Crippen molar-refractivity contribution in [2.45, 2.75) is 18.9 Å². The van der Waals surface area contributed by atoms with Crippen LogP contribution in [0.2, 0.25) is 5.02 Å². The van der Waals surface area contributed by atoms with Crippen LogP contribution >= 0.6 is 11.6 Å². The molecule has 2 aliphatic rings. The molecule has 0 radical (unpaired) electrons. The lowest BCUT2D eigenvalue weighted by atomic mass is 10.1. The summed E-state index contributed by atoms with van der Waals surface area (Å²) in [5, 5.41) is 10.1. The summed E-state index contributed by atoms with van der Waals surface area (Å²) in [4.78, 5) is 29.7. The Morgan fingerprint density at radius 2 is 1.78 bits per heavy atom. The van der Waals surface area contributed by atoms with E-state index in [0.717, 1.165) is 5.69 Å². The Hall–Kier alpha value is -1.79. The van der Waals surface area contributed by atoms with E-state index >= 15 is 0 Å². The van der Waals surface area contributed by atoms with Gasteiger partial charge in [-0.15, -0.1) is 0 Å². The van der Waals surface area contributed by atoms with Crippen molar-refractivity contribution in [2.24, 2.45) is 0 Å². The number of urea groups is 1. The second kappa shape index (κ2) is 6.76. The molecule has 6 nitrogen and oxygen atoms in total. The molecular weight excluding hydrogens is 318 g/mol. The van der Waals surface area contributed by atoms with Gasteiger partial charge in [-0.05, 0) is 37.1 Å². The van der Waals surface area contributed by atoms with Gasteiger partial charge < -0.3 is 14.9 Å². The highest BCUT2D eigenvalue weighted by Gasteiger charge is 2.32. The first-order valence-corrected chi connectivity index (χ1v) is 8.20. The van der Waals surface area contributed by atoms with Crippen LogP contribution < -0.4 is 4.90 Å². The zero-order valence-corrected chi connectivity index (χ0v) is 13.6. The fraction of sp³-hybridized carbons (Fsp3) is 0.500. The summed E-state index contributed by atoms with van der Waals surface area (Å²) in [6.45, 7) is 2.31. The van der Waals surface area contributed by atoms with Crippen LogP contribution in [0.5, 0.6) is 0 Å². The van der Waals surface area contributed by atoms with Crippen LogP contribution in [0.25, 0.3) is 0 Å². The predicted molar refractivity (Wildman–Crippen MR) is 87.6 cm³/mol. The average molecular weight is 338 g/mol. The SMILES string of the molecule is O=C(CN1CCN(c2ccc(Cl)cc2)C1=O)N1CCC(O)CC1. The summed E-state index contributed by atoms with van der Waals surface area (Å²) in [6, 6.07) is 6.95. The first-order chi connectivity index (χ1) is 11.0. The van der Waals surface area contributed by atoms with Crippen molar-refractivity contribution in [3.8, 4) is 0 Å². The van der Waals surface area contributed by atoms with Crippen molar-refractivity contribution in [2.75, 3.05) is 37.6 Å². The van der Waals surface area contributed by atoms with E-state index in [4.69, 9.17) is 11.6 Å². The number of aliphatic hydroxyl groups excluding tert-OH is 1. The van der Waals surface area contributed by atoms with Crippen LogP contribution in [0, 0.1) is 0 Å². The fourth-order valence-electron chi connectivity index (χ4n) is 2.97.